The third-order valence-electron chi connectivity index (χ3n) is 2.25. The average molecular weight is 250 g/mol. The summed E-state index contributed by atoms with van der Waals surface area (Å²) in [6, 6.07) is 5.27. The van der Waals surface area contributed by atoms with Gasteiger partial charge in [-0.25, -0.2) is 8.78 Å². The molecular weight excluding hydrogens is 236 g/mol. The molecule has 0 heterocycles. The molecule has 1 aromatic carbocycles. The summed E-state index contributed by atoms with van der Waals surface area (Å²) in [4.78, 5) is 0. The second kappa shape index (κ2) is 6.01. The van der Waals surface area contributed by atoms with E-state index < -0.39 is 13.0 Å². The summed E-state index contributed by atoms with van der Waals surface area (Å²) in [5.74, 6) is 0.286. The smallest absolute Gasteiger partial charge is 0.272 e. The third kappa shape index (κ3) is 3.61. The van der Waals surface area contributed by atoms with Gasteiger partial charge in [0.25, 0.3) is 6.43 Å². The Labute approximate surface area is 98.6 Å². The van der Waals surface area contributed by atoms with Crippen LogP contribution in [-0.2, 0) is 0 Å². The minimum absolute atomic E-state index is 0.154. The summed E-state index contributed by atoms with van der Waals surface area (Å²) >= 11 is 5.92. The fraction of sp³-hybridized carbons (Fsp3) is 0.455. The SMILES string of the molecule is CNC(C)c1ccc(OCC(F)F)c(Cl)c1. The second-order valence-corrected chi connectivity index (χ2v) is 3.81. The topological polar surface area (TPSA) is 21.3 Å². The second-order valence-electron chi connectivity index (χ2n) is 3.40. The molecule has 0 radical (unpaired) electrons. The van der Waals surface area contributed by atoms with E-state index in [2.05, 4.69) is 5.32 Å². The van der Waals surface area contributed by atoms with E-state index in [-0.39, 0.29) is 11.8 Å². The van der Waals surface area contributed by atoms with E-state index in [9.17, 15) is 8.78 Å². The maximum Gasteiger partial charge on any atom is 0.272 e. The van der Waals surface area contributed by atoms with E-state index in [4.69, 9.17) is 16.3 Å². The highest BCUT2D eigenvalue weighted by Crippen LogP contribution is 2.28. The number of benzene rings is 1. The first-order valence-corrected chi connectivity index (χ1v) is 5.30. The zero-order valence-electron chi connectivity index (χ0n) is 9.14. The predicted molar refractivity (Wildman–Crippen MR) is 60.4 cm³/mol. The molecule has 1 N–H and O–H groups in total. The van der Waals surface area contributed by atoms with Gasteiger partial charge in [-0.05, 0) is 31.7 Å². The van der Waals surface area contributed by atoms with Crippen molar-refractivity contribution in [2.24, 2.45) is 0 Å². The molecule has 90 valence electrons. The Balaban J connectivity index is 2.75. The van der Waals surface area contributed by atoms with Crippen molar-refractivity contribution in [2.45, 2.75) is 19.4 Å². The van der Waals surface area contributed by atoms with Crippen molar-refractivity contribution in [3.8, 4) is 5.75 Å². The molecular formula is C11H14ClF2NO. The van der Waals surface area contributed by atoms with Crippen molar-refractivity contribution < 1.29 is 13.5 Å². The lowest BCUT2D eigenvalue weighted by molar-refractivity contribution is 0.0819. The molecule has 0 fully saturated rings. The van der Waals surface area contributed by atoms with Gasteiger partial charge in [0.2, 0.25) is 0 Å². The van der Waals surface area contributed by atoms with Gasteiger partial charge in [-0.3, -0.25) is 0 Å². The van der Waals surface area contributed by atoms with Gasteiger partial charge in [-0.15, -0.1) is 0 Å². The molecule has 1 unspecified atom stereocenters. The zero-order valence-corrected chi connectivity index (χ0v) is 9.89. The quantitative estimate of drug-likeness (QED) is 0.865. The number of ether oxygens (including phenoxy) is 1. The summed E-state index contributed by atoms with van der Waals surface area (Å²) < 4.78 is 28.7. The first-order chi connectivity index (χ1) is 7.54. The van der Waals surface area contributed by atoms with Crippen LogP contribution in [0.5, 0.6) is 5.75 Å². The average Bonchev–Trinajstić information content (AvgIpc) is 2.26. The standard InChI is InChI=1S/C11H14ClF2NO/c1-7(15-2)8-3-4-10(9(12)5-8)16-6-11(13)14/h3-5,7,11,15H,6H2,1-2H3. The van der Waals surface area contributed by atoms with Crippen LogP contribution in [0.2, 0.25) is 5.02 Å². The van der Waals surface area contributed by atoms with Gasteiger partial charge in [0, 0.05) is 6.04 Å². The summed E-state index contributed by atoms with van der Waals surface area (Å²) in [6.07, 6.45) is -2.49. The molecule has 0 spiro atoms. The van der Waals surface area contributed by atoms with E-state index in [0.29, 0.717) is 5.02 Å². The number of halogens is 3. The maximum absolute atomic E-state index is 11.9. The van der Waals surface area contributed by atoms with Gasteiger partial charge < -0.3 is 10.1 Å². The van der Waals surface area contributed by atoms with E-state index in [1.807, 2.05) is 14.0 Å². The van der Waals surface area contributed by atoms with Crippen LogP contribution in [0.3, 0.4) is 0 Å². The highest BCUT2D eigenvalue weighted by molar-refractivity contribution is 6.32. The van der Waals surface area contributed by atoms with Crippen LogP contribution in [0.15, 0.2) is 18.2 Å². The lowest BCUT2D eigenvalue weighted by Gasteiger charge is -2.13. The van der Waals surface area contributed by atoms with Gasteiger partial charge in [0.1, 0.15) is 12.4 Å². The summed E-state index contributed by atoms with van der Waals surface area (Å²) in [6.45, 7) is 1.34. The first-order valence-electron chi connectivity index (χ1n) is 4.92. The van der Waals surface area contributed by atoms with Crippen molar-refractivity contribution >= 4 is 11.6 Å². The highest BCUT2D eigenvalue weighted by atomic mass is 35.5. The van der Waals surface area contributed by atoms with Crippen LogP contribution in [-0.4, -0.2) is 20.1 Å². The summed E-state index contributed by atoms with van der Waals surface area (Å²) in [5, 5.41) is 3.41. The zero-order chi connectivity index (χ0) is 12.1. The Bertz CT molecular complexity index is 347. The lowest BCUT2D eigenvalue weighted by atomic mass is 10.1. The molecule has 16 heavy (non-hydrogen) atoms. The highest BCUT2D eigenvalue weighted by Gasteiger charge is 2.09. The monoisotopic (exact) mass is 249 g/mol. The molecule has 0 saturated heterocycles. The molecule has 2 nitrogen and oxygen atoms in total. The molecule has 0 amide bonds. The van der Waals surface area contributed by atoms with E-state index >= 15 is 0 Å². The fourth-order valence-corrected chi connectivity index (χ4v) is 1.47. The molecule has 0 bridgehead atoms. The Hall–Kier alpha value is -0.870. The largest absolute Gasteiger partial charge is 0.486 e. The summed E-state index contributed by atoms with van der Waals surface area (Å²) in [5.41, 5.74) is 0.983. The molecule has 0 aliphatic heterocycles. The van der Waals surface area contributed by atoms with Gasteiger partial charge in [-0.2, -0.15) is 0 Å². The molecule has 0 aliphatic carbocycles. The van der Waals surface area contributed by atoms with Crippen molar-refractivity contribution in [1.29, 1.82) is 0 Å². The summed E-state index contributed by atoms with van der Waals surface area (Å²) in [7, 11) is 1.83. The molecule has 0 aromatic heterocycles. The predicted octanol–water partition coefficient (Wildman–Crippen LogP) is 3.26. The maximum atomic E-state index is 11.9. The van der Waals surface area contributed by atoms with Crippen LogP contribution in [0, 0.1) is 0 Å². The fourth-order valence-electron chi connectivity index (χ4n) is 1.22. The van der Waals surface area contributed by atoms with Gasteiger partial charge >= 0.3 is 0 Å². The van der Waals surface area contributed by atoms with Crippen LogP contribution >= 0.6 is 11.6 Å². The van der Waals surface area contributed by atoms with E-state index in [0.717, 1.165) is 5.56 Å². The van der Waals surface area contributed by atoms with Gasteiger partial charge in [0.05, 0.1) is 5.02 Å². The molecule has 1 aromatic rings. The van der Waals surface area contributed by atoms with Crippen molar-refractivity contribution in [3.05, 3.63) is 28.8 Å². The Morgan fingerprint density at radius 1 is 1.44 bits per heavy atom. The van der Waals surface area contributed by atoms with E-state index in [1.165, 1.54) is 0 Å². The number of alkyl halides is 2. The molecule has 0 aliphatic rings. The van der Waals surface area contributed by atoms with E-state index in [1.54, 1.807) is 18.2 Å². The lowest BCUT2D eigenvalue weighted by Crippen LogP contribution is -2.12. The number of rotatable bonds is 5. The molecule has 1 rings (SSSR count). The molecule has 1 atom stereocenters. The van der Waals surface area contributed by atoms with Crippen molar-refractivity contribution in [1.82, 2.24) is 5.32 Å². The normalized spacial score (nSPS) is 12.9. The molecule has 5 heteroatoms. The van der Waals surface area contributed by atoms with Crippen LogP contribution in [0.25, 0.3) is 0 Å². The Kier molecular flexibility index (Phi) is 4.96. The van der Waals surface area contributed by atoms with Crippen LogP contribution in [0.1, 0.15) is 18.5 Å². The Morgan fingerprint density at radius 2 is 2.12 bits per heavy atom. The number of nitrogens with one attached hydrogen (secondary N) is 1. The number of hydrogen-bond acceptors (Lipinski definition) is 2. The van der Waals surface area contributed by atoms with Crippen molar-refractivity contribution in [2.75, 3.05) is 13.7 Å². The van der Waals surface area contributed by atoms with Crippen LogP contribution < -0.4 is 10.1 Å². The van der Waals surface area contributed by atoms with Crippen LogP contribution in [0.4, 0.5) is 8.78 Å². The minimum Gasteiger partial charge on any atom is -0.486 e. The Morgan fingerprint density at radius 3 is 2.62 bits per heavy atom. The minimum atomic E-state index is -2.49. The van der Waals surface area contributed by atoms with Crippen molar-refractivity contribution in [3.63, 3.8) is 0 Å². The third-order valence-corrected chi connectivity index (χ3v) is 2.55. The van der Waals surface area contributed by atoms with Gasteiger partial charge in [0.15, 0.2) is 0 Å². The first kappa shape index (κ1) is 13.2. The van der Waals surface area contributed by atoms with Gasteiger partial charge in [-0.1, -0.05) is 17.7 Å². The number of hydrogen-bond donors (Lipinski definition) is 1. The molecule has 0 saturated carbocycles.